The van der Waals surface area contributed by atoms with Crippen LogP contribution in [0, 0.1) is 0 Å². The van der Waals surface area contributed by atoms with Gasteiger partial charge in [0, 0.05) is 30.0 Å². The Morgan fingerprint density at radius 3 is 2.60 bits per heavy atom. The SMILES string of the molecule is CC(CCCCCNS(=O)(=O)NCc1ccc(Cl)cc1)c1cnc[nH]1. The molecule has 1 unspecified atom stereocenters. The lowest BCUT2D eigenvalue weighted by Crippen LogP contribution is -2.36. The van der Waals surface area contributed by atoms with Gasteiger partial charge in [-0.1, -0.05) is 43.5 Å². The molecule has 0 spiro atoms. The fourth-order valence-electron chi connectivity index (χ4n) is 2.48. The van der Waals surface area contributed by atoms with E-state index < -0.39 is 10.2 Å². The Balaban J connectivity index is 1.57. The van der Waals surface area contributed by atoms with Crippen molar-refractivity contribution in [2.75, 3.05) is 6.54 Å². The predicted molar refractivity (Wildman–Crippen MR) is 101 cm³/mol. The van der Waals surface area contributed by atoms with E-state index in [1.807, 2.05) is 6.20 Å². The molecule has 2 rings (SSSR count). The number of H-pyrrole nitrogens is 1. The second-order valence-corrected chi connectivity index (χ2v) is 8.12. The molecule has 0 aliphatic carbocycles. The largest absolute Gasteiger partial charge is 0.348 e. The number of hydrogen-bond donors (Lipinski definition) is 3. The molecule has 138 valence electrons. The van der Waals surface area contributed by atoms with Crippen LogP contribution in [0.4, 0.5) is 0 Å². The lowest BCUT2D eigenvalue weighted by atomic mass is 10.0. The Morgan fingerprint density at radius 1 is 1.16 bits per heavy atom. The Hall–Kier alpha value is -1.41. The van der Waals surface area contributed by atoms with Crippen LogP contribution in [0.5, 0.6) is 0 Å². The third-order valence-corrected chi connectivity index (χ3v) is 5.40. The highest BCUT2D eigenvalue weighted by molar-refractivity contribution is 7.87. The molecule has 0 saturated carbocycles. The van der Waals surface area contributed by atoms with E-state index in [-0.39, 0.29) is 6.54 Å². The molecule has 25 heavy (non-hydrogen) atoms. The van der Waals surface area contributed by atoms with Crippen LogP contribution in [0.2, 0.25) is 5.02 Å². The summed E-state index contributed by atoms with van der Waals surface area (Å²) in [4.78, 5) is 7.15. The number of benzene rings is 1. The van der Waals surface area contributed by atoms with Crippen molar-refractivity contribution in [1.82, 2.24) is 19.4 Å². The minimum atomic E-state index is -3.48. The van der Waals surface area contributed by atoms with Gasteiger partial charge in [-0.05, 0) is 36.5 Å². The Morgan fingerprint density at radius 2 is 1.92 bits per heavy atom. The van der Waals surface area contributed by atoms with Gasteiger partial charge in [-0.15, -0.1) is 0 Å². The lowest BCUT2D eigenvalue weighted by Gasteiger charge is -2.10. The van der Waals surface area contributed by atoms with Crippen LogP contribution < -0.4 is 9.44 Å². The molecule has 0 radical (unpaired) electrons. The van der Waals surface area contributed by atoms with E-state index in [0.29, 0.717) is 17.5 Å². The summed E-state index contributed by atoms with van der Waals surface area (Å²) in [5.41, 5.74) is 2.01. The predicted octanol–water partition coefficient (Wildman–Crippen LogP) is 3.35. The van der Waals surface area contributed by atoms with Crippen molar-refractivity contribution in [3.63, 3.8) is 0 Å². The summed E-state index contributed by atoms with van der Waals surface area (Å²) in [6.45, 7) is 2.85. The van der Waals surface area contributed by atoms with Gasteiger partial charge < -0.3 is 4.98 Å². The van der Waals surface area contributed by atoms with Crippen LogP contribution in [-0.2, 0) is 16.8 Å². The molecule has 0 aliphatic rings. The number of hydrogen-bond acceptors (Lipinski definition) is 3. The first-order chi connectivity index (χ1) is 12.0. The number of imidazole rings is 1. The summed E-state index contributed by atoms with van der Waals surface area (Å²) in [5, 5.41) is 0.631. The molecular formula is C17H25ClN4O2S. The number of halogens is 1. The summed E-state index contributed by atoms with van der Waals surface area (Å²) >= 11 is 5.80. The normalized spacial score (nSPS) is 13.0. The van der Waals surface area contributed by atoms with E-state index in [4.69, 9.17) is 11.6 Å². The van der Waals surface area contributed by atoms with Crippen LogP contribution >= 0.6 is 11.6 Å². The maximum atomic E-state index is 11.9. The van der Waals surface area contributed by atoms with Crippen molar-refractivity contribution in [2.24, 2.45) is 0 Å². The van der Waals surface area contributed by atoms with Gasteiger partial charge in [0.15, 0.2) is 0 Å². The highest BCUT2D eigenvalue weighted by Crippen LogP contribution is 2.19. The zero-order chi connectivity index (χ0) is 18.1. The van der Waals surface area contributed by atoms with Crippen LogP contribution in [0.1, 0.15) is 49.8 Å². The third-order valence-electron chi connectivity index (χ3n) is 4.04. The van der Waals surface area contributed by atoms with Crippen LogP contribution in [0.3, 0.4) is 0 Å². The van der Waals surface area contributed by atoms with Crippen molar-refractivity contribution in [3.05, 3.63) is 53.1 Å². The monoisotopic (exact) mass is 384 g/mol. The van der Waals surface area contributed by atoms with E-state index in [1.165, 1.54) is 0 Å². The first-order valence-corrected chi connectivity index (χ1v) is 10.3. The van der Waals surface area contributed by atoms with Crippen molar-refractivity contribution >= 4 is 21.8 Å². The number of rotatable bonds is 11. The second kappa shape index (κ2) is 9.91. The van der Waals surface area contributed by atoms with Gasteiger partial charge in [0.1, 0.15) is 0 Å². The van der Waals surface area contributed by atoms with Crippen LogP contribution in [0.25, 0.3) is 0 Å². The van der Waals surface area contributed by atoms with Gasteiger partial charge in [0.25, 0.3) is 10.2 Å². The fourth-order valence-corrected chi connectivity index (χ4v) is 3.48. The standard InChI is InChI=1S/C17H25ClN4O2S/c1-14(17-12-19-13-20-17)5-3-2-4-10-21-25(23,24)22-11-15-6-8-16(18)9-7-15/h6-9,12-14,21-22H,2-5,10-11H2,1H3,(H,19,20). The number of unbranched alkanes of at least 4 members (excludes halogenated alkanes) is 2. The molecule has 1 aromatic carbocycles. The van der Waals surface area contributed by atoms with E-state index in [1.54, 1.807) is 30.6 Å². The molecule has 0 bridgehead atoms. The van der Waals surface area contributed by atoms with Crippen molar-refractivity contribution < 1.29 is 8.42 Å². The molecule has 1 atom stereocenters. The summed E-state index contributed by atoms with van der Waals surface area (Å²) < 4.78 is 28.9. The van der Waals surface area contributed by atoms with E-state index in [0.717, 1.165) is 36.9 Å². The van der Waals surface area contributed by atoms with Crippen molar-refractivity contribution in [1.29, 1.82) is 0 Å². The zero-order valence-electron chi connectivity index (χ0n) is 14.3. The fraction of sp³-hybridized carbons (Fsp3) is 0.471. The van der Waals surface area contributed by atoms with Gasteiger partial charge in [0.05, 0.1) is 6.33 Å². The highest BCUT2D eigenvalue weighted by atomic mass is 35.5. The summed E-state index contributed by atoms with van der Waals surface area (Å²) in [6, 6.07) is 7.07. The first kappa shape index (κ1) is 19.9. The number of aromatic nitrogens is 2. The Labute approximate surface area is 154 Å². The molecule has 8 heteroatoms. The topological polar surface area (TPSA) is 86.9 Å². The van der Waals surface area contributed by atoms with Gasteiger partial charge in [-0.2, -0.15) is 13.1 Å². The highest BCUT2D eigenvalue weighted by Gasteiger charge is 2.09. The second-order valence-electron chi connectivity index (χ2n) is 6.10. The van der Waals surface area contributed by atoms with Crippen LogP contribution in [-0.4, -0.2) is 24.9 Å². The van der Waals surface area contributed by atoms with Gasteiger partial charge in [-0.25, -0.2) is 9.71 Å². The maximum absolute atomic E-state index is 11.9. The summed E-state index contributed by atoms with van der Waals surface area (Å²) in [7, 11) is -3.48. The van der Waals surface area contributed by atoms with Crippen molar-refractivity contribution in [2.45, 2.75) is 45.1 Å². The van der Waals surface area contributed by atoms with Crippen LogP contribution in [0.15, 0.2) is 36.8 Å². The summed E-state index contributed by atoms with van der Waals surface area (Å²) in [6.07, 6.45) is 7.46. The minimum Gasteiger partial charge on any atom is -0.348 e. The average molecular weight is 385 g/mol. The first-order valence-electron chi connectivity index (χ1n) is 8.43. The molecule has 1 heterocycles. The molecule has 0 saturated heterocycles. The molecule has 2 aromatic rings. The van der Waals surface area contributed by atoms with E-state index in [2.05, 4.69) is 26.3 Å². The number of aromatic amines is 1. The van der Waals surface area contributed by atoms with E-state index >= 15 is 0 Å². The third kappa shape index (κ3) is 7.56. The number of nitrogens with zero attached hydrogens (tertiary/aromatic N) is 1. The van der Waals surface area contributed by atoms with Gasteiger partial charge >= 0.3 is 0 Å². The molecule has 0 amide bonds. The molecule has 0 fully saturated rings. The molecule has 0 aliphatic heterocycles. The van der Waals surface area contributed by atoms with Gasteiger partial charge in [0.2, 0.25) is 0 Å². The maximum Gasteiger partial charge on any atom is 0.277 e. The molecular weight excluding hydrogens is 360 g/mol. The average Bonchev–Trinajstić information content (AvgIpc) is 3.12. The Kier molecular flexibility index (Phi) is 7.90. The molecule has 6 nitrogen and oxygen atoms in total. The number of nitrogens with one attached hydrogen (secondary N) is 3. The molecule has 1 aromatic heterocycles. The lowest BCUT2D eigenvalue weighted by molar-refractivity contribution is 0.549. The van der Waals surface area contributed by atoms with Gasteiger partial charge in [-0.3, -0.25) is 0 Å². The molecule has 3 N–H and O–H groups in total. The Bertz CT molecular complexity index is 718. The zero-order valence-corrected chi connectivity index (χ0v) is 15.9. The summed E-state index contributed by atoms with van der Waals surface area (Å²) in [5.74, 6) is 0.445. The minimum absolute atomic E-state index is 0.244. The smallest absolute Gasteiger partial charge is 0.277 e. The van der Waals surface area contributed by atoms with Crippen molar-refractivity contribution in [3.8, 4) is 0 Å². The quantitative estimate of drug-likeness (QED) is 0.519. The van der Waals surface area contributed by atoms with E-state index in [9.17, 15) is 8.42 Å².